The van der Waals surface area contributed by atoms with Gasteiger partial charge in [-0.1, -0.05) is 18.6 Å². The predicted molar refractivity (Wildman–Crippen MR) is 103 cm³/mol. The van der Waals surface area contributed by atoms with Crippen molar-refractivity contribution >= 4 is 11.0 Å². The summed E-state index contributed by atoms with van der Waals surface area (Å²) in [6.45, 7) is 2.52. The van der Waals surface area contributed by atoms with Gasteiger partial charge in [0.2, 0.25) is 0 Å². The third kappa shape index (κ3) is 2.75. The van der Waals surface area contributed by atoms with Crippen molar-refractivity contribution in [2.24, 2.45) is 18.9 Å². The summed E-state index contributed by atoms with van der Waals surface area (Å²) in [5.74, 6) is 1.24. The number of rotatable bonds is 3. The van der Waals surface area contributed by atoms with E-state index >= 15 is 0 Å². The third-order valence-electron chi connectivity index (χ3n) is 6.37. The molecule has 2 fully saturated rings. The molecule has 2 bridgehead atoms. The van der Waals surface area contributed by atoms with Gasteiger partial charge < -0.3 is 9.67 Å². The monoisotopic (exact) mass is 363 g/mol. The minimum atomic E-state index is -0.817. The smallest absolute Gasteiger partial charge is 0.141 e. The molecule has 1 aromatic carbocycles. The van der Waals surface area contributed by atoms with Crippen LogP contribution in [0.2, 0.25) is 0 Å². The number of imidazole rings is 1. The molecule has 1 saturated carbocycles. The maximum atomic E-state index is 11.7. The first-order valence-corrected chi connectivity index (χ1v) is 9.78. The summed E-state index contributed by atoms with van der Waals surface area (Å²) >= 11 is 0. The molecule has 0 spiro atoms. The number of aryl methyl sites for hydroxylation is 1. The fourth-order valence-corrected chi connectivity index (χ4v) is 5.09. The largest absolute Gasteiger partial charge is 0.381 e. The van der Waals surface area contributed by atoms with Gasteiger partial charge in [-0.2, -0.15) is 0 Å². The molecule has 6 nitrogen and oxygen atoms in total. The molecule has 5 rings (SSSR count). The van der Waals surface area contributed by atoms with E-state index in [0.717, 1.165) is 55.0 Å². The highest BCUT2D eigenvalue weighted by molar-refractivity contribution is 5.73. The van der Waals surface area contributed by atoms with E-state index in [2.05, 4.69) is 14.9 Å². The molecule has 2 aliphatic rings. The Labute approximate surface area is 158 Å². The summed E-state index contributed by atoms with van der Waals surface area (Å²) in [6, 6.07) is 7.99. The van der Waals surface area contributed by atoms with E-state index in [9.17, 15) is 5.11 Å². The lowest BCUT2D eigenvalue weighted by Gasteiger charge is -2.52. The van der Waals surface area contributed by atoms with E-state index in [-0.39, 0.29) is 11.8 Å². The number of nitrogens with zero attached hydrogens (tertiary/aromatic N) is 5. The highest BCUT2D eigenvalue weighted by Gasteiger charge is 2.53. The zero-order valence-corrected chi connectivity index (χ0v) is 15.6. The Morgan fingerprint density at radius 2 is 1.85 bits per heavy atom. The molecule has 140 valence electrons. The summed E-state index contributed by atoms with van der Waals surface area (Å²) in [5.41, 5.74) is 2.05. The van der Waals surface area contributed by atoms with Gasteiger partial charge in [-0.05, 0) is 25.0 Å². The van der Waals surface area contributed by atoms with Crippen molar-refractivity contribution in [3.05, 3.63) is 54.4 Å². The Bertz CT molecular complexity index is 954. The lowest BCUT2D eigenvalue weighted by atomic mass is 9.65. The van der Waals surface area contributed by atoms with E-state index in [4.69, 9.17) is 4.98 Å². The Kier molecular flexibility index (Phi) is 3.98. The summed E-state index contributed by atoms with van der Waals surface area (Å²) in [7, 11) is 1.98. The van der Waals surface area contributed by atoms with Crippen LogP contribution in [-0.2, 0) is 19.2 Å². The first-order valence-electron chi connectivity index (χ1n) is 9.78. The van der Waals surface area contributed by atoms with Crippen LogP contribution >= 0.6 is 0 Å². The molecule has 6 heteroatoms. The van der Waals surface area contributed by atoms with Crippen LogP contribution in [-0.4, -0.2) is 42.6 Å². The number of likely N-dealkylation sites (tertiary alicyclic amines) is 1. The standard InChI is InChI=1S/C21H25N5O/c1-25-10-9-22-20(25)21(27)15-5-4-6-16(21)13-26(12-15)14-17-11-23-18-7-2-3-8-19(18)24-17/h2-3,7-11,15-16,27H,4-6,12-14H2,1H3/t15-,16-/m0/s1. The van der Waals surface area contributed by atoms with Gasteiger partial charge in [0.15, 0.2) is 0 Å². The first kappa shape index (κ1) is 16.8. The minimum Gasteiger partial charge on any atom is -0.381 e. The van der Waals surface area contributed by atoms with Crippen molar-refractivity contribution in [3.8, 4) is 0 Å². The molecule has 0 amide bonds. The fraction of sp³-hybridized carbons (Fsp3) is 0.476. The summed E-state index contributed by atoms with van der Waals surface area (Å²) in [5, 5.41) is 11.7. The fourth-order valence-electron chi connectivity index (χ4n) is 5.09. The zero-order valence-electron chi connectivity index (χ0n) is 15.6. The number of benzene rings is 1. The van der Waals surface area contributed by atoms with Crippen molar-refractivity contribution in [1.82, 2.24) is 24.4 Å². The molecular weight excluding hydrogens is 338 g/mol. The summed E-state index contributed by atoms with van der Waals surface area (Å²) < 4.78 is 1.98. The molecule has 1 saturated heterocycles. The van der Waals surface area contributed by atoms with E-state index in [1.165, 1.54) is 6.42 Å². The van der Waals surface area contributed by atoms with Crippen LogP contribution in [0, 0.1) is 11.8 Å². The molecule has 2 aromatic heterocycles. The minimum absolute atomic E-state index is 0.208. The van der Waals surface area contributed by atoms with Crippen LogP contribution in [0.5, 0.6) is 0 Å². The second-order valence-corrected chi connectivity index (χ2v) is 8.06. The third-order valence-corrected chi connectivity index (χ3v) is 6.37. The molecule has 27 heavy (non-hydrogen) atoms. The molecule has 1 aliphatic heterocycles. The highest BCUT2D eigenvalue weighted by atomic mass is 16.3. The number of fused-ring (bicyclic) bond motifs is 3. The zero-order chi connectivity index (χ0) is 18.4. The lowest BCUT2D eigenvalue weighted by molar-refractivity contribution is -0.155. The molecule has 2 atom stereocenters. The van der Waals surface area contributed by atoms with Crippen LogP contribution in [0.1, 0.15) is 30.8 Å². The van der Waals surface area contributed by atoms with E-state index < -0.39 is 5.60 Å². The molecular formula is C21H25N5O. The Morgan fingerprint density at radius 3 is 2.56 bits per heavy atom. The molecule has 3 aromatic rings. The summed E-state index contributed by atoms with van der Waals surface area (Å²) in [6.07, 6.45) is 8.88. The van der Waals surface area contributed by atoms with Gasteiger partial charge in [-0.3, -0.25) is 9.88 Å². The number of hydrogen-bond acceptors (Lipinski definition) is 5. The molecule has 1 N–H and O–H groups in total. The molecule has 0 unspecified atom stereocenters. The van der Waals surface area contributed by atoms with Crippen molar-refractivity contribution in [2.45, 2.75) is 31.4 Å². The van der Waals surface area contributed by atoms with Crippen LogP contribution in [0.4, 0.5) is 0 Å². The Balaban J connectivity index is 1.40. The van der Waals surface area contributed by atoms with Gasteiger partial charge in [0, 0.05) is 50.9 Å². The van der Waals surface area contributed by atoms with Gasteiger partial charge in [0.25, 0.3) is 0 Å². The lowest BCUT2D eigenvalue weighted by Crippen LogP contribution is -2.58. The normalized spacial score (nSPS) is 28.5. The van der Waals surface area contributed by atoms with Crippen LogP contribution in [0.25, 0.3) is 11.0 Å². The SMILES string of the molecule is Cn1ccnc1C1(O)[C@H]2CCC[C@H]1CN(Cc1cnc3ccccc3n1)C2. The van der Waals surface area contributed by atoms with Gasteiger partial charge >= 0.3 is 0 Å². The topological polar surface area (TPSA) is 67.1 Å². The van der Waals surface area contributed by atoms with Crippen LogP contribution in [0.15, 0.2) is 42.9 Å². The second-order valence-electron chi connectivity index (χ2n) is 8.06. The van der Waals surface area contributed by atoms with E-state index in [1.807, 2.05) is 48.3 Å². The maximum absolute atomic E-state index is 11.7. The number of aromatic nitrogens is 4. The Hall–Kier alpha value is -2.31. The first-order chi connectivity index (χ1) is 13.1. The molecule has 0 radical (unpaired) electrons. The predicted octanol–water partition coefficient (Wildman–Crippen LogP) is 2.48. The number of hydrogen-bond donors (Lipinski definition) is 1. The van der Waals surface area contributed by atoms with Gasteiger partial charge in [-0.25, -0.2) is 9.97 Å². The van der Waals surface area contributed by atoms with Crippen LogP contribution in [0.3, 0.4) is 0 Å². The molecule has 1 aliphatic carbocycles. The van der Waals surface area contributed by atoms with Gasteiger partial charge in [-0.15, -0.1) is 0 Å². The number of piperidine rings is 1. The summed E-state index contributed by atoms with van der Waals surface area (Å²) in [4.78, 5) is 16.3. The average molecular weight is 363 g/mol. The van der Waals surface area contributed by atoms with E-state index in [0.29, 0.717) is 0 Å². The second kappa shape index (κ2) is 6.39. The van der Waals surface area contributed by atoms with Gasteiger partial charge in [0.1, 0.15) is 11.4 Å². The van der Waals surface area contributed by atoms with E-state index in [1.54, 1.807) is 6.20 Å². The quantitative estimate of drug-likeness (QED) is 0.774. The van der Waals surface area contributed by atoms with Crippen molar-refractivity contribution < 1.29 is 5.11 Å². The molecule has 3 heterocycles. The Morgan fingerprint density at radius 1 is 1.11 bits per heavy atom. The number of para-hydroxylation sites is 2. The van der Waals surface area contributed by atoms with Crippen molar-refractivity contribution in [3.63, 3.8) is 0 Å². The van der Waals surface area contributed by atoms with Crippen molar-refractivity contribution in [1.29, 1.82) is 0 Å². The highest BCUT2D eigenvalue weighted by Crippen LogP contribution is 2.48. The van der Waals surface area contributed by atoms with Crippen molar-refractivity contribution in [2.75, 3.05) is 13.1 Å². The van der Waals surface area contributed by atoms with Crippen LogP contribution < -0.4 is 0 Å². The number of aliphatic hydroxyl groups is 1. The van der Waals surface area contributed by atoms with Gasteiger partial charge in [0.05, 0.1) is 22.9 Å². The maximum Gasteiger partial charge on any atom is 0.141 e. The average Bonchev–Trinajstić information content (AvgIpc) is 3.09.